The van der Waals surface area contributed by atoms with Crippen molar-refractivity contribution in [1.29, 1.82) is 0 Å². The van der Waals surface area contributed by atoms with Gasteiger partial charge in [-0.1, -0.05) is 0 Å². The third-order valence-electron chi connectivity index (χ3n) is 2.11. The van der Waals surface area contributed by atoms with Crippen molar-refractivity contribution in [3.05, 3.63) is 22.9 Å². The predicted octanol–water partition coefficient (Wildman–Crippen LogP) is 3.34. The van der Waals surface area contributed by atoms with Crippen molar-refractivity contribution < 1.29 is 9.13 Å². The van der Waals surface area contributed by atoms with E-state index in [1.54, 1.807) is 12.3 Å². The normalized spacial score (nSPS) is 30.1. The smallest absolute Gasteiger partial charge is 0.168 e. The van der Waals surface area contributed by atoms with Crippen molar-refractivity contribution in [2.45, 2.75) is 10.1 Å². The minimum Gasteiger partial charge on any atom is -0.492 e. The first-order valence-electron chi connectivity index (χ1n) is 4.20. The van der Waals surface area contributed by atoms with Gasteiger partial charge in [0.1, 0.15) is 10.4 Å². The number of pyridine rings is 1. The van der Waals surface area contributed by atoms with Crippen LogP contribution in [0.1, 0.15) is 6.42 Å². The number of halogens is 3. The van der Waals surface area contributed by atoms with Crippen LogP contribution in [0.2, 0.25) is 0 Å². The Hall–Kier alpha value is 0.0900. The maximum absolute atomic E-state index is 13.1. The van der Waals surface area contributed by atoms with E-state index in [0.717, 1.165) is 4.60 Å². The number of alkyl halides is 2. The summed E-state index contributed by atoms with van der Waals surface area (Å²) in [4.78, 5) is 4.01. The van der Waals surface area contributed by atoms with E-state index >= 15 is 0 Å². The monoisotopic (exact) mass is 371 g/mol. The van der Waals surface area contributed by atoms with E-state index in [9.17, 15) is 4.39 Å². The SMILES string of the molecule is FC1(I)CC1COc1ccc(Br)nc1. The topological polar surface area (TPSA) is 22.1 Å². The van der Waals surface area contributed by atoms with E-state index in [-0.39, 0.29) is 5.92 Å². The van der Waals surface area contributed by atoms with Gasteiger partial charge in [0, 0.05) is 12.3 Å². The lowest BCUT2D eigenvalue weighted by Gasteiger charge is -2.04. The molecule has 1 aliphatic carbocycles. The lowest BCUT2D eigenvalue weighted by atomic mass is 10.4. The molecule has 1 saturated carbocycles. The van der Waals surface area contributed by atoms with Crippen LogP contribution in [0.4, 0.5) is 4.39 Å². The molecule has 0 bridgehead atoms. The van der Waals surface area contributed by atoms with Crippen LogP contribution in [0, 0.1) is 5.92 Å². The van der Waals surface area contributed by atoms with Gasteiger partial charge in [-0.05, 0) is 50.7 Å². The molecule has 0 aromatic carbocycles. The first-order chi connectivity index (χ1) is 6.58. The summed E-state index contributed by atoms with van der Waals surface area (Å²) in [5.41, 5.74) is 0. The summed E-state index contributed by atoms with van der Waals surface area (Å²) in [5.74, 6) is 0.721. The highest BCUT2D eigenvalue weighted by atomic mass is 127. The Morgan fingerprint density at radius 3 is 2.93 bits per heavy atom. The Morgan fingerprint density at radius 1 is 1.71 bits per heavy atom. The Morgan fingerprint density at radius 2 is 2.43 bits per heavy atom. The molecule has 2 rings (SSSR count). The molecule has 1 aliphatic rings. The Kier molecular flexibility index (Phi) is 2.97. The molecule has 2 atom stereocenters. The van der Waals surface area contributed by atoms with Gasteiger partial charge in [0.15, 0.2) is 3.68 Å². The standard InChI is InChI=1S/C9H8BrFINO/c10-8-2-1-7(4-13-8)14-5-6-3-9(6,11)12/h1-2,4,6H,3,5H2. The molecule has 1 heterocycles. The summed E-state index contributed by atoms with van der Waals surface area (Å²) in [6, 6.07) is 3.61. The molecular weight excluding hydrogens is 364 g/mol. The van der Waals surface area contributed by atoms with E-state index in [1.165, 1.54) is 0 Å². The largest absolute Gasteiger partial charge is 0.492 e. The number of ether oxygens (including phenoxy) is 1. The van der Waals surface area contributed by atoms with Crippen LogP contribution in [0.25, 0.3) is 0 Å². The fourth-order valence-corrected chi connectivity index (χ4v) is 2.04. The summed E-state index contributed by atoms with van der Waals surface area (Å²) in [6.07, 6.45) is 2.22. The molecule has 0 radical (unpaired) electrons. The molecule has 1 aromatic rings. The average Bonchev–Trinajstić information content (AvgIpc) is 2.73. The molecule has 0 amide bonds. The lowest BCUT2D eigenvalue weighted by Crippen LogP contribution is -2.04. The Balaban J connectivity index is 1.84. The van der Waals surface area contributed by atoms with Gasteiger partial charge in [0.2, 0.25) is 0 Å². The molecule has 0 spiro atoms. The van der Waals surface area contributed by atoms with E-state index in [0.29, 0.717) is 18.8 Å². The van der Waals surface area contributed by atoms with Gasteiger partial charge in [-0.2, -0.15) is 0 Å². The summed E-state index contributed by atoms with van der Waals surface area (Å²) in [6.45, 7) is 0.433. The molecule has 2 nitrogen and oxygen atoms in total. The van der Waals surface area contributed by atoms with E-state index in [1.807, 2.05) is 28.7 Å². The fraction of sp³-hybridized carbons (Fsp3) is 0.444. The third-order valence-corrected chi connectivity index (χ3v) is 3.90. The van der Waals surface area contributed by atoms with E-state index in [2.05, 4.69) is 20.9 Å². The third kappa shape index (κ3) is 2.56. The minimum absolute atomic E-state index is 0.0340. The molecule has 0 N–H and O–H groups in total. The Labute approximate surface area is 104 Å². The van der Waals surface area contributed by atoms with Gasteiger partial charge < -0.3 is 4.74 Å². The van der Waals surface area contributed by atoms with Crippen molar-refractivity contribution >= 4 is 38.5 Å². The van der Waals surface area contributed by atoms with Crippen molar-refractivity contribution in [2.75, 3.05) is 6.61 Å². The molecule has 14 heavy (non-hydrogen) atoms. The molecule has 0 aliphatic heterocycles. The Bertz CT molecular complexity index is 330. The van der Waals surface area contributed by atoms with Crippen molar-refractivity contribution in [2.24, 2.45) is 5.92 Å². The molecular formula is C9H8BrFINO. The van der Waals surface area contributed by atoms with Gasteiger partial charge in [0.05, 0.1) is 12.8 Å². The zero-order valence-corrected chi connectivity index (χ0v) is 11.0. The second-order valence-electron chi connectivity index (χ2n) is 3.29. The average molecular weight is 372 g/mol. The van der Waals surface area contributed by atoms with Gasteiger partial charge in [0.25, 0.3) is 0 Å². The summed E-state index contributed by atoms with van der Waals surface area (Å²) < 4.78 is 18.2. The van der Waals surface area contributed by atoms with Crippen LogP contribution in [-0.4, -0.2) is 15.3 Å². The van der Waals surface area contributed by atoms with Crippen molar-refractivity contribution in [3.63, 3.8) is 0 Å². The first kappa shape index (κ1) is 10.6. The highest BCUT2D eigenvalue weighted by Gasteiger charge is 2.53. The van der Waals surface area contributed by atoms with Crippen LogP contribution in [-0.2, 0) is 0 Å². The van der Waals surface area contributed by atoms with Crippen LogP contribution < -0.4 is 4.74 Å². The lowest BCUT2D eigenvalue weighted by molar-refractivity contribution is 0.274. The number of rotatable bonds is 3. The van der Waals surface area contributed by atoms with Crippen molar-refractivity contribution in [3.8, 4) is 5.75 Å². The molecule has 0 saturated heterocycles. The predicted molar refractivity (Wildman–Crippen MR) is 63.4 cm³/mol. The van der Waals surface area contributed by atoms with Gasteiger partial charge in [-0.25, -0.2) is 9.37 Å². The highest BCUT2D eigenvalue weighted by Crippen LogP contribution is 2.52. The molecule has 2 unspecified atom stereocenters. The number of nitrogens with zero attached hydrogens (tertiary/aromatic N) is 1. The quantitative estimate of drug-likeness (QED) is 0.462. The fourth-order valence-electron chi connectivity index (χ4n) is 1.09. The molecule has 1 aromatic heterocycles. The van der Waals surface area contributed by atoms with Gasteiger partial charge >= 0.3 is 0 Å². The van der Waals surface area contributed by atoms with Gasteiger partial charge in [-0.15, -0.1) is 0 Å². The van der Waals surface area contributed by atoms with Gasteiger partial charge in [-0.3, -0.25) is 0 Å². The van der Waals surface area contributed by atoms with Crippen LogP contribution in [0.5, 0.6) is 5.75 Å². The molecule has 76 valence electrons. The maximum atomic E-state index is 13.1. The van der Waals surface area contributed by atoms with Crippen LogP contribution in [0.3, 0.4) is 0 Å². The second kappa shape index (κ2) is 3.92. The number of aromatic nitrogens is 1. The summed E-state index contributed by atoms with van der Waals surface area (Å²) >= 11 is 5.06. The number of hydrogen-bond donors (Lipinski definition) is 0. The molecule has 5 heteroatoms. The highest BCUT2D eigenvalue weighted by molar-refractivity contribution is 14.1. The zero-order valence-electron chi connectivity index (χ0n) is 7.21. The van der Waals surface area contributed by atoms with Crippen molar-refractivity contribution in [1.82, 2.24) is 4.98 Å². The molecule has 1 fully saturated rings. The zero-order chi connectivity index (χ0) is 10.2. The summed E-state index contributed by atoms with van der Waals surface area (Å²) in [5, 5.41) is 0. The van der Waals surface area contributed by atoms with Crippen LogP contribution >= 0.6 is 38.5 Å². The first-order valence-corrected chi connectivity index (χ1v) is 6.07. The van der Waals surface area contributed by atoms with Crippen LogP contribution in [0.15, 0.2) is 22.9 Å². The second-order valence-corrected chi connectivity index (χ2v) is 5.90. The minimum atomic E-state index is -1.04. The van der Waals surface area contributed by atoms with E-state index < -0.39 is 3.68 Å². The summed E-state index contributed by atoms with van der Waals surface area (Å²) in [7, 11) is 0. The number of hydrogen-bond acceptors (Lipinski definition) is 2. The maximum Gasteiger partial charge on any atom is 0.168 e. The van der Waals surface area contributed by atoms with E-state index in [4.69, 9.17) is 4.74 Å².